The summed E-state index contributed by atoms with van der Waals surface area (Å²) in [6.07, 6.45) is -6.24. The van der Waals surface area contributed by atoms with E-state index in [9.17, 15) is 31.1 Å². The van der Waals surface area contributed by atoms with Gasteiger partial charge >= 0.3 is 18.5 Å². The fourth-order valence-corrected chi connectivity index (χ4v) is 4.26. The third kappa shape index (κ3) is 9.13. The van der Waals surface area contributed by atoms with E-state index < -0.39 is 24.1 Å². The van der Waals surface area contributed by atoms with Gasteiger partial charge in [0.15, 0.2) is 0 Å². The van der Waals surface area contributed by atoms with E-state index in [2.05, 4.69) is 15.0 Å². The third-order valence-electron chi connectivity index (χ3n) is 5.71. The van der Waals surface area contributed by atoms with E-state index in [1.54, 1.807) is 12.1 Å². The van der Waals surface area contributed by atoms with Gasteiger partial charge in [0, 0.05) is 32.3 Å². The second-order valence-electron chi connectivity index (χ2n) is 8.38. The number of nitrogens with zero attached hydrogens (tertiary/aromatic N) is 1. The van der Waals surface area contributed by atoms with E-state index in [-0.39, 0.29) is 24.3 Å². The first-order chi connectivity index (χ1) is 16.8. The average Bonchev–Trinajstić information content (AvgIpc) is 2.76. The highest BCUT2D eigenvalue weighted by atomic mass is 19.4. The first kappa shape index (κ1) is 29.6. The lowest BCUT2D eigenvalue weighted by atomic mass is 9.78. The molecule has 1 aromatic rings. The van der Waals surface area contributed by atoms with Crippen molar-refractivity contribution < 1.29 is 55.2 Å². The molecule has 1 aliphatic heterocycles. The zero-order valence-corrected chi connectivity index (χ0v) is 19.5. The molecule has 2 fully saturated rings. The number of morpholine rings is 1. The number of halogens is 6. The van der Waals surface area contributed by atoms with Crippen LogP contribution in [0, 0.1) is 0 Å². The first-order valence-corrected chi connectivity index (χ1v) is 11.0. The fraction of sp³-hybridized carbons (Fsp3) is 0.636. The summed E-state index contributed by atoms with van der Waals surface area (Å²) in [5.74, 6) is -3.13. The molecule has 2 atom stereocenters. The minimum absolute atomic E-state index is 0.0154. The highest BCUT2D eigenvalue weighted by Gasteiger charge is 2.46. The van der Waals surface area contributed by atoms with Crippen LogP contribution in [-0.2, 0) is 25.6 Å². The highest BCUT2D eigenvalue weighted by molar-refractivity contribution is 5.77. The number of para-hydroxylation sites is 1. The van der Waals surface area contributed by atoms with Crippen molar-refractivity contribution in [1.82, 2.24) is 10.2 Å². The van der Waals surface area contributed by atoms with Crippen LogP contribution in [-0.4, -0.2) is 79.5 Å². The number of hydrogen-bond donors (Lipinski definition) is 2. The normalized spacial score (nSPS) is 22.9. The molecule has 2 aliphatic rings. The van der Waals surface area contributed by atoms with Crippen LogP contribution in [0.25, 0.3) is 0 Å². The largest absolute Gasteiger partial charge is 0.573 e. The third-order valence-corrected chi connectivity index (χ3v) is 5.71. The summed E-state index contributed by atoms with van der Waals surface area (Å²) in [5, 5.41) is 10.1. The molecular weight excluding hydrogens is 502 g/mol. The van der Waals surface area contributed by atoms with Gasteiger partial charge in [-0.05, 0) is 18.9 Å². The van der Waals surface area contributed by atoms with Gasteiger partial charge in [0.1, 0.15) is 18.0 Å². The van der Waals surface area contributed by atoms with Crippen LogP contribution < -0.4 is 10.1 Å². The molecule has 2 unspecified atom stereocenters. The van der Waals surface area contributed by atoms with Crippen LogP contribution in [0.1, 0.15) is 31.2 Å². The SMILES string of the molecule is COCC(=O)NC1CCCCC12CN(Cc1ccccc1OC(F)(F)F)CCO2.O=C(O)C(F)(F)F. The standard InChI is InChI=1S/C20H27F3N2O4.C2HF3O2/c1-27-13-18(26)24-17-8-4-5-9-19(17)14-25(10-11-28-19)12-15-6-2-3-7-16(15)29-20(21,22)23;3-2(4,5)1(6)7/h2-3,6-7,17H,4-5,8-14H2,1H3,(H,24,26);(H,6,7). The van der Waals surface area contributed by atoms with Gasteiger partial charge in [-0.3, -0.25) is 9.69 Å². The Kier molecular flexibility index (Phi) is 10.4. The number of carboxylic acid groups (broad SMARTS) is 1. The van der Waals surface area contributed by atoms with Crippen LogP contribution in [0.5, 0.6) is 5.75 Å². The second-order valence-corrected chi connectivity index (χ2v) is 8.38. The summed E-state index contributed by atoms with van der Waals surface area (Å²) < 4.78 is 85.1. The van der Waals surface area contributed by atoms with Crippen molar-refractivity contribution >= 4 is 11.9 Å². The summed E-state index contributed by atoms with van der Waals surface area (Å²) in [5.41, 5.74) is -0.0719. The Labute approximate surface area is 203 Å². The number of methoxy groups -OCH3 is 1. The quantitative estimate of drug-likeness (QED) is 0.544. The molecule has 8 nitrogen and oxygen atoms in total. The van der Waals surface area contributed by atoms with Gasteiger partial charge in [0.25, 0.3) is 0 Å². The number of carboxylic acids is 1. The first-order valence-electron chi connectivity index (χ1n) is 11.0. The molecule has 14 heteroatoms. The lowest BCUT2D eigenvalue weighted by Crippen LogP contribution is -2.64. The van der Waals surface area contributed by atoms with Gasteiger partial charge in [-0.25, -0.2) is 4.79 Å². The number of rotatable bonds is 6. The predicted molar refractivity (Wildman–Crippen MR) is 113 cm³/mol. The number of hydrogen-bond acceptors (Lipinski definition) is 6. The smallest absolute Gasteiger partial charge is 0.475 e. The Hall–Kier alpha value is -2.58. The van der Waals surface area contributed by atoms with E-state index in [0.29, 0.717) is 31.8 Å². The molecule has 204 valence electrons. The molecular formula is C22H28F6N2O6. The maximum absolute atomic E-state index is 12.7. The number of carbonyl (C=O) groups is 2. The molecule has 36 heavy (non-hydrogen) atoms. The topological polar surface area (TPSA) is 97.3 Å². The Morgan fingerprint density at radius 2 is 1.86 bits per heavy atom. The fourth-order valence-electron chi connectivity index (χ4n) is 4.26. The van der Waals surface area contributed by atoms with Crippen molar-refractivity contribution in [3.63, 3.8) is 0 Å². The number of amides is 1. The number of alkyl halides is 6. The van der Waals surface area contributed by atoms with Crippen molar-refractivity contribution in [2.24, 2.45) is 0 Å². The molecule has 1 spiro atoms. The lowest BCUT2D eigenvalue weighted by molar-refractivity contribution is -0.275. The molecule has 3 rings (SSSR count). The van der Waals surface area contributed by atoms with Gasteiger partial charge < -0.3 is 24.6 Å². The lowest BCUT2D eigenvalue weighted by Gasteiger charge is -2.49. The van der Waals surface area contributed by atoms with Crippen LogP contribution >= 0.6 is 0 Å². The minimum atomic E-state index is -5.08. The molecule has 1 heterocycles. The van der Waals surface area contributed by atoms with Crippen LogP contribution in [0.3, 0.4) is 0 Å². The van der Waals surface area contributed by atoms with E-state index in [1.807, 2.05) is 0 Å². The summed E-state index contributed by atoms with van der Waals surface area (Å²) >= 11 is 0. The molecule has 0 aromatic heterocycles. The van der Waals surface area contributed by atoms with Crippen LogP contribution in [0.15, 0.2) is 24.3 Å². The molecule has 1 aromatic carbocycles. The summed E-state index contributed by atoms with van der Waals surface area (Å²) in [4.78, 5) is 23.0. The van der Waals surface area contributed by atoms with Crippen molar-refractivity contribution in [1.29, 1.82) is 0 Å². The zero-order chi connectivity index (χ0) is 27.0. The van der Waals surface area contributed by atoms with Gasteiger partial charge in [0.2, 0.25) is 5.91 Å². The van der Waals surface area contributed by atoms with E-state index in [0.717, 1.165) is 25.7 Å². The number of ether oxygens (including phenoxy) is 3. The molecule has 0 radical (unpaired) electrons. The van der Waals surface area contributed by atoms with Crippen LogP contribution in [0.4, 0.5) is 26.3 Å². The monoisotopic (exact) mass is 530 g/mol. The van der Waals surface area contributed by atoms with Gasteiger partial charge in [-0.1, -0.05) is 31.0 Å². The number of carbonyl (C=O) groups excluding carboxylic acids is 1. The maximum atomic E-state index is 12.7. The molecule has 2 N–H and O–H groups in total. The van der Waals surface area contributed by atoms with E-state index >= 15 is 0 Å². The van der Waals surface area contributed by atoms with Gasteiger partial charge in [-0.2, -0.15) is 13.2 Å². The summed E-state index contributed by atoms with van der Waals surface area (Å²) in [7, 11) is 1.47. The van der Waals surface area contributed by atoms with Crippen molar-refractivity contribution in [3.8, 4) is 5.75 Å². The van der Waals surface area contributed by atoms with E-state index in [1.165, 1.54) is 19.2 Å². The zero-order valence-electron chi connectivity index (χ0n) is 19.5. The predicted octanol–water partition coefficient (Wildman–Crippen LogP) is 3.49. The molecule has 1 saturated heterocycles. The highest BCUT2D eigenvalue weighted by Crippen LogP contribution is 2.36. The van der Waals surface area contributed by atoms with Crippen molar-refractivity contribution in [3.05, 3.63) is 29.8 Å². The Bertz CT molecular complexity index is 877. The molecule has 0 bridgehead atoms. The molecule has 1 amide bonds. The Morgan fingerprint density at radius 3 is 2.47 bits per heavy atom. The minimum Gasteiger partial charge on any atom is -0.475 e. The number of aliphatic carboxylic acids is 1. The van der Waals surface area contributed by atoms with Crippen LogP contribution in [0.2, 0.25) is 0 Å². The van der Waals surface area contributed by atoms with E-state index in [4.69, 9.17) is 19.4 Å². The number of benzene rings is 1. The van der Waals surface area contributed by atoms with Crippen molar-refractivity contribution in [2.45, 2.75) is 56.4 Å². The Balaban J connectivity index is 0.000000572. The van der Waals surface area contributed by atoms with Gasteiger partial charge in [-0.15, -0.1) is 13.2 Å². The van der Waals surface area contributed by atoms with Crippen molar-refractivity contribution in [2.75, 3.05) is 33.4 Å². The number of nitrogens with one attached hydrogen (secondary N) is 1. The average molecular weight is 530 g/mol. The van der Waals surface area contributed by atoms with Gasteiger partial charge in [0.05, 0.1) is 12.6 Å². The Morgan fingerprint density at radius 1 is 1.19 bits per heavy atom. The second kappa shape index (κ2) is 12.6. The maximum Gasteiger partial charge on any atom is 0.573 e. The molecule has 1 saturated carbocycles. The summed E-state index contributed by atoms with van der Waals surface area (Å²) in [6, 6.07) is 6.04. The summed E-state index contributed by atoms with van der Waals surface area (Å²) in [6.45, 7) is 1.89. The molecule has 1 aliphatic carbocycles.